The number of rotatable bonds is 7. The summed E-state index contributed by atoms with van der Waals surface area (Å²) in [7, 11) is -3.25. The first kappa shape index (κ1) is 19.9. The highest BCUT2D eigenvalue weighted by Crippen LogP contribution is 2.25. The highest BCUT2D eigenvalue weighted by Gasteiger charge is 2.14. The van der Waals surface area contributed by atoms with Gasteiger partial charge in [0.25, 0.3) is 5.91 Å². The van der Waals surface area contributed by atoms with E-state index in [-0.39, 0.29) is 16.7 Å². The number of aliphatic carboxylic acids is 1. The maximum absolute atomic E-state index is 12.3. The summed E-state index contributed by atoms with van der Waals surface area (Å²) in [6, 6.07) is 6.43. The summed E-state index contributed by atoms with van der Waals surface area (Å²) in [5.74, 6) is -0.940. The molecule has 2 aromatic rings. The summed E-state index contributed by atoms with van der Waals surface area (Å²) in [5.41, 5.74) is 1.74. The molecule has 0 saturated carbocycles. The highest BCUT2D eigenvalue weighted by molar-refractivity contribution is 7.92. The number of hydrogen-bond donors (Lipinski definition) is 2. The van der Waals surface area contributed by atoms with Crippen molar-refractivity contribution in [3.8, 4) is 5.75 Å². The van der Waals surface area contributed by atoms with Crippen LogP contribution >= 0.6 is 11.3 Å². The van der Waals surface area contributed by atoms with Crippen molar-refractivity contribution >= 4 is 33.1 Å². The number of carbonyl (C=O) groups excluding carboxylic acids is 1. The van der Waals surface area contributed by atoms with Crippen molar-refractivity contribution in [2.24, 2.45) is 0 Å². The number of carboxylic acids is 1. The Morgan fingerprint density at radius 3 is 2.31 bits per heavy atom. The lowest BCUT2D eigenvalue weighted by Gasteiger charge is -2.13. The van der Waals surface area contributed by atoms with E-state index in [9.17, 15) is 18.0 Å². The maximum atomic E-state index is 12.3. The van der Waals surface area contributed by atoms with Crippen LogP contribution in [0.15, 0.2) is 28.5 Å². The minimum absolute atomic E-state index is 0.217. The number of aryl methyl sites for hydroxylation is 2. The SMILES string of the molecule is Cc1cc(C(=O)NCc2ccc(S(C)(=O)=O)s2)cc(C)c1OCC(=O)O. The van der Waals surface area contributed by atoms with Gasteiger partial charge in [-0.15, -0.1) is 11.3 Å². The molecule has 140 valence electrons. The topological polar surface area (TPSA) is 110 Å². The number of thiophene rings is 1. The number of benzene rings is 1. The van der Waals surface area contributed by atoms with Crippen LogP contribution in [0.5, 0.6) is 5.75 Å². The molecular weight excluding hydrogens is 378 g/mol. The van der Waals surface area contributed by atoms with E-state index >= 15 is 0 Å². The van der Waals surface area contributed by atoms with Crippen molar-refractivity contribution < 1.29 is 27.9 Å². The molecule has 0 fully saturated rings. The van der Waals surface area contributed by atoms with Crippen LogP contribution in [0, 0.1) is 13.8 Å². The number of carboxylic acid groups (broad SMARTS) is 1. The van der Waals surface area contributed by atoms with Crippen molar-refractivity contribution in [1.82, 2.24) is 5.32 Å². The zero-order chi connectivity index (χ0) is 19.5. The zero-order valence-electron chi connectivity index (χ0n) is 14.5. The predicted octanol–water partition coefficient (Wildman–Crippen LogP) is 2.16. The van der Waals surface area contributed by atoms with E-state index < -0.39 is 22.4 Å². The quantitative estimate of drug-likeness (QED) is 0.741. The fourth-order valence-corrected chi connectivity index (χ4v) is 4.28. The van der Waals surface area contributed by atoms with Crippen molar-refractivity contribution in [1.29, 1.82) is 0 Å². The average Bonchev–Trinajstić information content (AvgIpc) is 3.00. The molecule has 7 nitrogen and oxygen atoms in total. The van der Waals surface area contributed by atoms with Gasteiger partial charge in [-0.25, -0.2) is 13.2 Å². The first-order chi connectivity index (χ1) is 12.1. The van der Waals surface area contributed by atoms with Crippen molar-refractivity contribution in [3.63, 3.8) is 0 Å². The Labute approximate surface area is 155 Å². The molecule has 1 aromatic carbocycles. The highest BCUT2D eigenvalue weighted by atomic mass is 32.2. The fourth-order valence-electron chi connectivity index (χ4n) is 2.36. The van der Waals surface area contributed by atoms with Crippen molar-refractivity contribution in [3.05, 3.63) is 45.8 Å². The third-order valence-electron chi connectivity index (χ3n) is 3.49. The second-order valence-corrected chi connectivity index (χ2v) is 9.21. The van der Waals surface area contributed by atoms with Crippen LogP contribution in [0.2, 0.25) is 0 Å². The molecule has 0 radical (unpaired) electrons. The standard InChI is InChI=1S/C17H19NO6S2/c1-10-6-12(7-11(2)16(10)24-9-14(19)20)17(21)18-8-13-4-5-15(25-13)26(3,22)23/h4-7H,8-9H2,1-3H3,(H,18,21)(H,19,20). The van der Waals surface area contributed by atoms with Gasteiger partial charge in [-0.05, 0) is 49.2 Å². The summed E-state index contributed by atoms with van der Waals surface area (Å²) in [4.78, 5) is 23.7. The molecule has 2 N–H and O–H groups in total. The van der Waals surface area contributed by atoms with Crippen LogP contribution < -0.4 is 10.1 Å². The van der Waals surface area contributed by atoms with Gasteiger partial charge in [0.1, 0.15) is 9.96 Å². The molecule has 26 heavy (non-hydrogen) atoms. The molecule has 1 heterocycles. The van der Waals surface area contributed by atoms with Gasteiger partial charge in [0.15, 0.2) is 16.4 Å². The smallest absolute Gasteiger partial charge is 0.341 e. The van der Waals surface area contributed by atoms with Crippen molar-refractivity contribution in [2.75, 3.05) is 12.9 Å². The van der Waals surface area contributed by atoms with E-state index in [0.29, 0.717) is 22.4 Å². The summed E-state index contributed by atoms with van der Waals surface area (Å²) in [6.07, 6.45) is 1.14. The third kappa shape index (κ3) is 5.06. The lowest BCUT2D eigenvalue weighted by molar-refractivity contribution is -0.139. The molecule has 1 aromatic heterocycles. The largest absolute Gasteiger partial charge is 0.481 e. The molecule has 0 bridgehead atoms. The monoisotopic (exact) mass is 397 g/mol. The number of sulfone groups is 1. The van der Waals surface area contributed by atoms with Gasteiger partial charge in [-0.3, -0.25) is 4.79 Å². The second-order valence-electron chi connectivity index (χ2n) is 5.80. The maximum Gasteiger partial charge on any atom is 0.341 e. The van der Waals surface area contributed by atoms with Gasteiger partial charge >= 0.3 is 5.97 Å². The molecule has 0 aliphatic heterocycles. The molecule has 0 unspecified atom stereocenters. The molecule has 0 aliphatic rings. The minimum atomic E-state index is -3.25. The summed E-state index contributed by atoms with van der Waals surface area (Å²) >= 11 is 1.12. The number of ether oxygens (including phenoxy) is 1. The normalized spacial score (nSPS) is 11.2. The summed E-state index contributed by atoms with van der Waals surface area (Å²) in [5, 5.41) is 11.4. The zero-order valence-corrected chi connectivity index (χ0v) is 16.2. The van der Waals surface area contributed by atoms with Gasteiger partial charge in [0.05, 0.1) is 6.54 Å². The van der Waals surface area contributed by atoms with Gasteiger partial charge in [-0.1, -0.05) is 0 Å². The molecule has 0 aliphatic carbocycles. The van der Waals surface area contributed by atoms with Crippen molar-refractivity contribution in [2.45, 2.75) is 24.6 Å². The predicted molar refractivity (Wildman–Crippen MR) is 97.6 cm³/mol. The molecule has 0 spiro atoms. The Kier molecular flexibility index (Phi) is 6.04. The Morgan fingerprint density at radius 1 is 1.19 bits per heavy atom. The fraction of sp³-hybridized carbons (Fsp3) is 0.294. The van der Waals surface area contributed by atoms with Crippen LogP contribution in [-0.2, 0) is 21.2 Å². The average molecular weight is 397 g/mol. The Bertz CT molecular complexity index is 923. The van der Waals surface area contributed by atoms with E-state index in [1.54, 1.807) is 32.0 Å². The number of amides is 1. The first-order valence-electron chi connectivity index (χ1n) is 7.60. The molecular formula is C17H19NO6S2. The van der Waals surface area contributed by atoms with E-state index in [4.69, 9.17) is 9.84 Å². The van der Waals surface area contributed by atoms with Gasteiger partial charge in [0.2, 0.25) is 0 Å². The van der Waals surface area contributed by atoms with Gasteiger partial charge < -0.3 is 15.2 Å². The number of carbonyl (C=O) groups is 2. The Morgan fingerprint density at radius 2 is 1.81 bits per heavy atom. The molecule has 0 atom stereocenters. The van der Waals surface area contributed by atoms with Gasteiger partial charge in [-0.2, -0.15) is 0 Å². The Hall–Kier alpha value is -2.39. The molecule has 1 amide bonds. The van der Waals surface area contributed by atoms with Crippen LogP contribution in [0.1, 0.15) is 26.4 Å². The first-order valence-corrected chi connectivity index (χ1v) is 10.3. The molecule has 0 saturated heterocycles. The van der Waals surface area contributed by atoms with Crippen LogP contribution in [0.25, 0.3) is 0 Å². The van der Waals surface area contributed by atoms with E-state index in [0.717, 1.165) is 22.5 Å². The number of hydrogen-bond acceptors (Lipinski definition) is 6. The lowest BCUT2D eigenvalue weighted by Crippen LogP contribution is -2.22. The minimum Gasteiger partial charge on any atom is -0.481 e. The molecule has 9 heteroatoms. The summed E-state index contributed by atoms with van der Waals surface area (Å²) in [6.45, 7) is 3.24. The van der Waals surface area contributed by atoms with E-state index in [2.05, 4.69) is 5.32 Å². The summed E-state index contributed by atoms with van der Waals surface area (Å²) < 4.78 is 28.5. The van der Waals surface area contributed by atoms with Crippen LogP contribution in [-0.4, -0.2) is 38.3 Å². The number of nitrogens with one attached hydrogen (secondary N) is 1. The third-order valence-corrected chi connectivity index (χ3v) is 6.39. The van der Waals surface area contributed by atoms with Crippen LogP contribution in [0.3, 0.4) is 0 Å². The lowest BCUT2D eigenvalue weighted by atomic mass is 10.1. The Balaban J connectivity index is 2.07. The van der Waals surface area contributed by atoms with E-state index in [1.165, 1.54) is 6.07 Å². The van der Waals surface area contributed by atoms with Crippen LogP contribution in [0.4, 0.5) is 0 Å². The van der Waals surface area contributed by atoms with E-state index in [1.807, 2.05) is 0 Å². The molecule has 2 rings (SSSR count). The van der Waals surface area contributed by atoms with Gasteiger partial charge in [0, 0.05) is 16.7 Å². The second kappa shape index (κ2) is 7.88.